The first-order valence-electron chi connectivity index (χ1n) is 7.66. The van der Waals surface area contributed by atoms with E-state index >= 15 is 0 Å². The maximum Gasteiger partial charge on any atom is 0.214 e. The van der Waals surface area contributed by atoms with Gasteiger partial charge in [-0.15, -0.1) is 5.10 Å². The summed E-state index contributed by atoms with van der Waals surface area (Å²) < 4.78 is 8.19. The van der Waals surface area contributed by atoms with Gasteiger partial charge in [-0.1, -0.05) is 51.5 Å². The molecule has 3 aromatic rings. The zero-order chi connectivity index (χ0) is 17.6. The van der Waals surface area contributed by atoms with Gasteiger partial charge in [0.1, 0.15) is 12.4 Å². The Morgan fingerprint density at radius 1 is 1.24 bits per heavy atom. The van der Waals surface area contributed by atoms with Crippen molar-refractivity contribution in [2.24, 2.45) is 0 Å². The molecule has 0 radical (unpaired) electrons. The number of thioether (sulfide) groups is 1. The lowest BCUT2D eigenvalue weighted by molar-refractivity contribution is 0.126. The Balaban J connectivity index is 1.55. The lowest BCUT2D eigenvalue weighted by atomic mass is 10.2. The molecule has 6 nitrogen and oxygen atoms in total. The number of aliphatic hydroxyl groups is 1. The predicted molar refractivity (Wildman–Crippen MR) is 100 cm³/mol. The molecule has 1 aromatic heterocycles. The lowest BCUT2D eigenvalue weighted by Gasteiger charge is -2.12. The van der Waals surface area contributed by atoms with Crippen molar-refractivity contribution in [1.29, 1.82) is 0 Å². The fourth-order valence-electron chi connectivity index (χ4n) is 2.08. The Bertz CT molecular complexity index is 826. The van der Waals surface area contributed by atoms with Gasteiger partial charge >= 0.3 is 0 Å². The number of aliphatic hydroxyl groups excluding tert-OH is 1. The molecule has 0 aliphatic rings. The first kappa shape index (κ1) is 17.9. The molecule has 1 N–H and O–H groups in total. The van der Waals surface area contributed by atoms with Crippen molar-refractivity contribution in [3.8, 4) is 11.4 Å². The Kier molecular flexibility index (Phi) is 6.06. The van der Waals surface area contributed by atoms with Crippen molar-refractivity contribution in [2.45, 2.75) is 18.2 Å². The summed E-state index contributed by atoms with van der Waals surface area (Å²) in [4.78, 5) is 0. The molecule has 0 fully saturated rings. The van der Waals surface area contributed by atoms with Crippen molar-refractivity contribution >= 4 is 27.7 Å². The van der Waals surface area contributed by atoms with Gasteiger partial charge in [-0.3, -0.25) is 0 Å². The van der Waals surface area contributed by atoms with Crippen LogP contribution in [0, 0.1) is 6.92 Å². The van der Waals surface area contributed by atoms with Crippen molar-refractivity contribution in [2.75, 3.05) is 12.4 Å². The average molecular weight is 421 g/mol. The van der Waals surface area contributed by atoms with E-state index in [9.17, 15) is 5.11 Å². The molecule has 0 aliphatic carbocycles. The van der Waals surface area contributed by atoms with Gasteiger partial charge in [0.15, 0.2) is 0 Å². The van der Waals surface area contributed by atoms with Gasteiger partial charge in [-0.2, -0.15) is 4.68 Å². The van der Waals surface area contributed by atoms with Gasteiger partial charge in [-0.25, -0.2) is 0 Å². The second-order valence-electron chi connectivity index (χ2n) is 5.44. The minimum Gasteiger partial charge on any atom is -0.491 e. The third-order valence-electron chi connectivity index (χ3n) is 3.36. The van der Waals surface area contributed by atoms with Crippen LogP contribution in [0.4, 0.5) is 0 Å². The van der Waals surface area contributed by atoms with E-state index in [1.807, 2.05) is 55.5 Å². The summed E-state index contributed by atoms with van der Waals surface area (Å²) >= 11 is 4.78. The zero-order valence-electron chi connectivity index (χ0n) is 13.5. The number of halogens is 1. The molecule has 8 heteroatoms. The van der Waals surface area contributed by atoms with Crippen LogP contribution in [0.3, 0.4) is 0 Å². The molecule has 0 amide bonds. The maximum absolute atomic E-state index is 10.1. The van der Waals surface area contributed by atoms with Gasteiger partial charge < -0.3 is 9.84 Å². The fraction of sp³-hybridized carbons (Fsp3) is 0.235. The fourth-order valence-corrected chi connectivity index (χ4v) is 3.26. The Hall–Kier alpha value is -1.90. The van der Waals surface area contributed by atoms with E-state index < -0.39 is 6.10 Å². The van der Waals surface area contributed by atoms with Gasteiger partial charge in [0.25, 0.3) is 0 Å². The molecule has 0 saturated heterocycles. The van der Waals surface area contributed by atoms with E-state index in [4.69, 9.17) is 4.74 Å². The highest BCUT2D eigenvalue weighted by Crippen LogP contribution is 2.21. The molecule has 0 spiro atoms. The summed E-state index contributed by atoms with van der Waals surface area (Å²) in [5, 5.41) is 22.5. The van der Waals surface area contributed by atoms with Crippen LogP contribution in [0.1, 0.15) is 5.56 Å². The lowest BCUT2D eigenvalue weighted by Crippen LogP contribution is -2.20. The topological polar surface area (TPSA) is 73.1 Å². The quantitative estimate of drug-likeness (QED) is 0.591. The largest absolute Gasteiger partial charge is 0.491 e. The highest BCUT2D eigenvalue weighted by molar-refractivity contribution is 9.10. The molecule has 3 rings (SSSR count). The molecule has 0 saturated carbocycles. The third kappa shape index (κ3) is 5.04. The minimum atomic E-state index is -0.632. The number of aromatic nitrogens is 4. The van der Waals surface area contributed by atoms with Gasteiger partial charge in [0, 0.05) is 10.2 Å². The molecular weight excluding hydrogens is 404 g/mol. The Labute approximate surface area is 158 Å². The van der Waals surface area contributed by atoms with Crippen LogP contribution in [0.25, 0.3) is 5.69 Å². The van der Waals surface area contributed by atoms with Crippen LogP contribution in [0.15, 0.2) is 58.2 Å². The smallest absolute Gasteiger partial charge is 0.214 e. The zero-order valence-corrected chi connectivity index (χ0v) is 15.9. The SMILES string of the molecule is Cc1ccc(-n2nnnc2SCC(O)COc2cccc(Br)c2)cc1. The molecule has 0 bridgehead atoms. The second kappa shape index (κ2) is 8.46. The summed E-state index contributed by atoms with van der Waals surface area (Å²) in [5.41, 5.74) is 2.06. The molecule has 2 aromatic carbocycles. The number of aryl methyl sites for hydroxylation is 1. The predicted octanol–water partition coefficient (Wildman–Crippen LogP) is 3.27. The van der Waals surface area contributed by atoms with Gasteiger partial charge in [0.2, 0.25) is 5.16 Å². The number of tetrazole rings is 1. The van der Waals surface area contributed by atoms with Crippen molar-refractivity contribution in [3.05, 3.63) is 58.6 Å². The first-order chi connectivity index (χ1) is 12.1. The summed E-state index contributed by atoms with van der Waals surface area (Å²) in [5.74, 6) is 1.14. The Morgan fingerprint density at radius 3 is 2.80 bits per heavy atom. The number of ether oxygens (including phenoxy) is 1. The van der Waals surface area contributed by atoms with E-state index in [0.29, 0.717) is 16.7 Å². The van der Waals surface area contributed by atoms with Crippen LogP contribution in [-0.4, -0.2) is 43.8 Å². The Morgan fingerprint density at radius 2 is 2.04 bits per heavy atom. The van der Waals surface area contributed by atoms with Crippen LogP contribution in [-0.2, 0) is 0 Å². The first-order valence-corrected chi connectivity index (χ1v) is 9.44. The summed E-state index contributed by atoms with van der Waals surface area (Å²) in [6.45, 7) is 2.23. The van der Waals surface area contributed by atoms with Crippen LogP contribution in [0.2, 0.25) is 0 Å². The molecule has 1 unspecified atom stereocenters. The third-order valence-corrected chi connectivity index (χ3v) is 4.92. The number of hydrogen-bond acceptors (Lipinski definition) is 6. The second-order valence-corrected chi connectivity index (χ2v) is 7.34. The molecule has 1 atom stereocenters. The van der Waals surface area contributed by atoms with Crippen molar-refractivity contribution < 1.29 is 9.84 Å². The molecule has 0 aliphatic heterocycles. The summed E-state index contributed by atoms with van der Waals surface area (Å²) in [6.07, 6.45) is -0.632. The average Bonchev–Trinajstić information content (AvgIpc) is 3.07. The monoisotopic (exact) mass is 420 g/mol. The number of rotatable bonds is 7. The highest BCUT2D eigenvalue weighted by atomic mass is 79.9. The highest BCUT2D eigenvalue weighted by Gasteiger charge is 2.13. The van der Waals surface area contributed by atoms with Gasteiger partial charge in [-0.05, 0) is 47.7 Å². The molecular formula is C17H17BrN4O2S. The number of nitrogens with zero attached hydrogens (tertiary/aromatic N) is 4. The van der Waals surface area contributed by atoms with Crippen molar-refractivity contribution in [3.63, 3.8) is 0 Å². The normalized spacial score (nSPS) is 12.1. The number of benzene rings is 2. The van der Waals surface area contributed by atoms with E-state index in [2.05, 4.69) is 31.5 Å². The van der Waals surface area contributed by atoms with Crippen LogP contribution in [0.5, 0.6) is 5.75 Å². The molecule has 130 valence electrons. The van der Waals surface area contributed by atoms with Crippen LogP contribution < -0.4 is 4.74 Å². The standard InChI is InChI=1S/C17H17BrN4O2S/c1-12-5-7-14(8-6-12)22-17(19-20-21-22)25-11-15(23)10-24-16-4-2-3-13(18)9-16/h2-9,15,23H,10-11H2,1H3. The minimum absolute atomic E-state index is 0.204. The number of hydrogen-bond donors (Lipinski definition) is 1. The molecule has 1 heterocycles. The van der Waals surface area contributed by atoms with Gasteiger partial charge in [0.05, 0.1) is 11.8 Å². The molecule has 25 heavy (non-hydrogen) atoms. The summed E-state index contributed by atoms with van der Waals surface area (Å²) in [7, 11) is 0. The summed E-state index contributed by atoms with van der Waals surface area (Å²) in [6, 6.07) is 15.4. The van der Waals surface area contributed by atoms with Crippen LogP contribution >= 0.6 is 27.7 Å². The maximum atomic E-state index is 10.1. The van der Waals surface area contributed by atoms with E-state index in [1.165, 1.54) is 17.3 Å². The van der Waals surface area contributed by atoms with Crippen molar-refractivity contribution in [1.82, 2.24) is 20.2 Å². The van der Waals surface area contributed by atoms with E-state index in [1.54, 1.807) is 4.68 Å². The van der Waals surface area contributed by atoms with E-state index in [0.717, 1.165) is 10.2 Å². The van der Waals surface area contributed by atoms with E-state index in [-0.39, 0.29) is 6.61 Å².